The van der Waals surface area contributed by atoms with Crippen molar-refractivity contribution in [2.75, 3.05) is 0 Å². The van der Waals surface area contributed by atoms with Crippen molar-refractivity contribution in [2.45, 2.75) is 0 Å². The molecule has 61 heavy (non-hydrogen) atoms. The van der Waals surface area contributed by atoms with Gasteiger partial charge in [-0.05, 0) is 134 Å². The predicted octanol–water partition coefficient (Wildman–Crippen LogP) is 17.6. The van der Waals surface area contributed by atoms with E-state index < -0.39 is 0 Å². The lowest BCUT2D eigenvalue weighted by atomic mass is 9.83. The second-order valence-corrected chi connectivity index (χ2v) is 17.4. The van der Waals surface area contributed by atoms with Crippen LogP contribution in [0.2, 0.25) is 0 Å². The van der Waals surface area contributed by atoms with E-state index in [-0.39, 0.29) is 0 Å². The number of benzene rings is 12. The lowest BCUT2D eigenvalue weighted by Crippen LogP contribution is -1.93. The zero-order valence-corrected chi connectivity index (χ0v) is 34.0. The van der Waals surface area contributed by atoms with Crippen molar-refractivity contribution in [3.05, 3.63) is 218 Å². The molecule has 0 N–H and O–H groups in total. The van der Waals surface area contributed by atoms with Gasteiger partial charge in [0.1, 0.15) is 0 Å². The average Bonchev–Trinajstić information content (AvgIpc) is 3.74. The van der Waals surface area contributed by atoms with Gasteiger partial charge >= 0.3 is 0 Å². The van der Waals surface area contributed by atoms with Crippen molar-refractivity contribution >= 4 is 96.1 Å². The first-order valence-corrected chi connectivity index (χ1v) is 21.9. The molecule has 0 saturated carbocycles. The minimum absolute atomic E-state index is 1.21. The number of hydrogen-bond acceptors (Lipinski definition) is 1. The van der Waals surface area contributed by atoms with E-state index in [1.165, 1.54) is 129 Å². The standard InChI is InChI=1S/C60H36S/c1-2-15-37(16-3-1)43-34-41-18-5-6-21-44(41)53(36-43)57-51-27-12-10-25-49(51)56(50-26-11-13-28-52(50)57)42-20-14-19-39(33-42)40-29-31-47-46-23-8-9-24-48(46)59-58-45-22-7-4-17-38(45)30-32-55(58)61-60(59)54(47)35-40/h1-36H. The summed E-state index contributed by atoms with van der Waals surface area (Å²) in [5.74, 6) is 0. The highest BCUT2D eigenvalue weighted by Crippen LogP contribution is 2.49. The molecule has 0 bridgehead atoms. The van der Waals surface area contributed by atoms with Crippen LogP contribution in [-0.4, -0.2) is 0 Å². The molecule has 0 aliphatic rings. The highest BCUT2D eigenvalue weighted by atomic mass is 32.1. The first kappa shape index (κ1) is 34.3. The summed E-state index contributed by atoms with van der Waals surface area (Å²) in [6.07, 6.45) is 0. The van der Waals surface area contributed by atoms with Crippen molar-refractivity contribution in [1.82, 2.24) is 0 Å². The normalized spacial score (nSPS) is 11.9. The molecule has 0 nitrogen and oxygen atoms in total. The number of hydrogen-bond donors (Lipinski definition) is 0. The van der Waals surface area contributed by atoms with Gasteiger partial charge in [-0.2, -0.15) is 0 Å². The number of thiophene rings is 1. The van der Waals surface area contributed by atoms with Gasteiger partial charge in [0.05, 0.1) is 0 Å². The van der Waals surface area contributed by atoms with Crippen LogP contribution in [-0.2, 0) is 0 Å². The van der Waals surface area contributed by atoms with Gasteiger partial charge in [-0.3, -0.25) is 0 Å². The van der Waals surface area contributed by atoms with Gasteiger partial charge < -0.3 is 0 Å². The van der Waals surface area contributed by atoms with Crippen LogP contribution in [0.3, 0.4) is 0 Å². The van der Waals surface area contributed by atoms with Crippen molar-refractivity contribution in [3.63, 3.8) is 0 Å². The second kappa shape index (κ2) is 13.5. The van der Waals surface area contributed by atoms with Gasteiger partial charge in [-0.1, -0.05) is 188 Å². The molecular weight excluding hydrogens is 753 g/mol. The zero-order valence-electron chi connectivity index (χ0n) is 33.2. The summed E-state index contributed by atoms with van der Waals surface area (Å²) < 4.78 is 2.69. The van der Waals surface area contributed by atoms with E-state index in [1.54, 1.807) is 0 Å². The maximum absolute atomic E-state index is 2.45. The Labute approximate surface area is 357 Å². The molecule has 0 radical (unpaired) electrons. The maximum Gasteiger partial charge on any atom is 0.0440 e. The molecule has 0 amide bonds. The molecule has 0 saturated heterocycles. The molecule has 0 aliphatic carbocycles. The van der Waals surface area contributed by atoms with Gasteiger partial charge in [0.25, 0.3) is 0 Å². The Hall–Kier alpha value is -7.58. The van der Waals surface area contributed by atoms with Crippen LogP contribution in [0.15, 0.2) is 218 Å². The van der Waals surface area contributed by atoms with Gasteiger partial charge in [0.15, 0.2) is 0 Å². The highest BCUT2D eigenvalue weighted by Gasteiger charge is 2.20. The van der Waals surface area contributed by atoms with Crippen molar-refractivity contribution in [2.24, 2.45) is 0 Å². The van der Waals surface area contributed by atoms with E-state index in [0.717, 1.165) is 0 Å². The Balaban J connectivity index is 1.04. The predicted molar refractivity (Wildman–Crippen MR) is 266 cm³/mol. The smallest absolute Gasteiger partial charge is 0.0440 e. The van der Waals surface area contributed by atoms with Crippen LogP contribution >= 0.6 is 11.3 Å². The third-order valence-corrected chi connectivity index (χ3v) is 14.2. The third-order valence-electron chi connectivity index (χ3n) is 13.0. The fourth-order valence-corrected chi connectivity index (χ4v) is 11.6. The summed E-state index contributed by atoms with van der Waals surface area (Å²) >= 11 is 1.93. The molecule has 13 rings (SSSR count). The summed E-state index contributed by atoms with van der Waals surface area (Å²) in [5.41, 5.74) is 9.91. The van der Waals surface area contributed by atoms with Gasteiger partial charge in [-0.25, -0.2) is 0 Å². The molecule has 0 fully saturated rings. The molecule has 1 heteroatoms. The number of rotatable bonds is 4. The third kappa shape index (κ3) is 5.24. The van der Waals surface area contributed by atoms with Crippen LogP contribution in [0.4, 0.5) is 0 Å². The fraction of sp³-hybridized carbons (Fsp3) is 0. The Morgan fingerprint density at radius 2 is 0.803 bits per heavy atom. The molecule has 13 aromatic rings. The molecule has 0 spiro atoms. The Morgan fingerprint density at radius 3 is 1.56 bits per heavy atom. The van der Waals surface area contributed by atoms with E-state index in [2.05, 4.69) is 218 Å². The minimum Gasteiger partial charge on any atom is -0.134 e. The van der Waals surface area contributed by atoms with E-state index in [1.807, 2.05) is 11.3 Å². The fourth-order valence-electron chi connectivity index (χ4n) is 10.3. The molecule has 282 valence electrons. The second-order valence-electron chi connectivity index (χ2n) is 16.3. The van der Waals surface area contributed by atoms with E-state index in [9.17, 15) is 0 Å². The lowest BCUT2D eigenvalue weighted by molar-refractivity contribution is 1.63. The Bertz CT molecular complexity index is 3870. The monoisotopic (exact) mass is 788 g/mol. The summed E-state index contributed by atoms with van der Waals surface area (Å²) in [6.45, 7) is 0. The molecule has 1 aromatic heterocycles. The van der Waals surface area contributed by atoms with Crippen LogP contribution < -0.4 is 0 Å². The molecular formula is C60H36S. The minimum atomic E-state index is 1.21. The molecule has 0 aliphatic heterocycles. The van der Waals surface area contributed by atoms with E-state index in [4.69, 9.17) is 0 Å². The van der Waals surface area contributed by atoms with Gasteiger partial charge in [0, 0.05) is 25.6 Å². The molecule has 1 heterocycles. The average molecular weight is 789 g/mol. The summed E-state index contributed by atoms with van der Waals surface area (Å²) in [4.78, 5) is 0. The number of fused-ring (bicyclic) bond motifs is 13. The first-order valence-electron chi connectivity index (χ1n) is 21.1. The topological polar surface area (TPSA) is 0 Å². The Kier molecular flexibility index (Phi) is 7.58. The highest BCUT2D eigenvalue weighted by molar-refractivity contribution is 7.27. The van der Waals surface area contributed by atoms with Crippen LogP contribution in [0, 0.1) is 0 Å². The van der Waals surface area contributed by atoms with E-state index in [0.29, 0.717) is 0 Å². The lowest BCUT2D eigenvalue weighted by Gasteiger charge is -2.20. The summed E-state index contributed by atoms with van der Waals surface area (Å²) in [6, 6.07) is 81.2. The quantitative estimate of drug-likeness (QED) is 0.123. The largest absolute Gasteiger partial charge is 0.134 e. The van der Waals surface area contributed by atoms with Crippen molar-refractivity contribution in [1.29, 1.82) is 0 Å². The van der Waals surface area contributed by atoms with Gasteiger partial charge in [-0.15, -0.1) is 11.3 Å². The summed E-state index contributed by atoms with van der Waals surface area (Å²) in [7, 11) is 0. The van der Waals surface area contributed by atoms with Crippen LogP contribution in [0.5, 0.6) is 0 Å². The molecule has 0 atom stereocenters. The summed E-state index contributed by atoms with van der Waals surface area (Å²) in [5, 5.41) is 18.1. The van der Waals surface area contributed by atoms with Crippen molar-refractivity contribution in [3.8, 4) is 44.5 Å². The van der Waals surface area contributed by atoms with Crippen LogP contribution in [0.25, 0.3) is 129 Å². The first-order chi connectivity index (χ1) is 30.3. The Morgan fingerprint density at radius 1 is 0.246 bits per heavy atom. The van der Waals surface area contributed by atoms with Crippen LogP contribution in [0.1, 0.15) is 0 Å². The van der Waals surface area contributed by atoms with Gasteiger partial charge in [0.2, 0.25) is 0 Å². The van der Waals surface area contributed by atoms with E-state index >= 15 is 0 Å². The maximum atomic E-state index is 2.45. The van der Waals surface area contributed by atoms with Crippen molar-refractivity contribution < 1.29 is 0 Å². The molecule has 0 unspecified atom stereocenters. The SMILES string of the molecule is c1ccc(-c2cc(-c3c4ccccc4c(-c4cccc(-c5ccc6c7ccccc7c7c(sc8ccc9ccccc9c87)c6c5)c4)c4ccccc34)c3ccccc3c2)cc1. The molecule has 12 aromatic carbocycles. The zero-order chi connectivity index (χ0) is 40.0.